The first-order valence-electron chi connectivity index (χ1n) is 6.37. The van der Waals surface area contributed by atoms with Crippen molar-refractivity contribution in [3.8, 4) is 0 Å². The van der Waals surface area contributed by atoms with E-state index in [1.54, 1.807) is 25.1 Å². The minimum absolute atomic E-state index is 0.0781. The van der Waals surface area contributed by atoms with Crippen molar-refractivity contribution in [1.29, 1.82) is 0 Å². The quantitative estimate of drug-likeness (QED) is 0.691. The molecule has 0 aromatic heterocycles. The van der Waals surface area contributed by atoms with Crippen LogP contribution in [0.4, 0.5) is 5.69 Å². The number of nitrogens with one attached hydrogen (secondary N) is 3. The maximum Gasteiger partial charge on any atom is 0.324 e. The van der Waals surface area contributed by atoms with E-state index in [1.165, 1.54) is 6.07 Å². The van der Waals surface area contributed by atoms with Gasteiger partial charge in [0.05, 0.1) is 12.3 Å². The molecular formula is C12H16ClN3O4S. The number of hydrogen-bond donors (Lipinski definition) is 3. The van der Waals surface area contributed by atoms with Crippen molar-refractivity contribution in [3.63, 3.8) is 0 Å². The zero-order chi connectivity index (χ0) is 15.5. The standard InChI is InChI=1S/C12H16ClN3O4S/c1-2-20-12(17)10-7-11(15-14-10)21(18,19)16-9-5-3-4-8(13)6-9/h3-6,10-11,14-16H,2,7H2,1H3. The lowest BCUT2D eigenvalue weighted by Crippen LogP contribution is -2.41. The molecule has 2 atom stereocenters. The number of sulfonamides is 1. The van der Waals surface area contributed by atoms with Crippen molar-refractivity contribution in [3.05, 3.63) is 29.3 Å². The Morgan fingerprint density at radius 1 is 1.48 bits per heavy atom. The van der Waals surface area contributed by atoms with E-state index >= 15 is 0 Å². The molecule has 2 rings (SSSR count). The molecule has 0 amide bonds. The van der Waals surface area contributed by atoms with Crippen LogP contribution in [0.1, 0.15) is 13.3 Å². The molecule has 21 heavy (non-hydrogen) atoms. The Morgan fingerprint density at radius 2 is 2.24 bits per heavy atom. The van der Waals surface area contributed by atoms with Crippen molar-refractivity contribution >= 4 is 33.3 Å². The number of carbonyl (C=O) groups is 1. The summed E-state index contributed by atoms with van der Waals surface area (Å²) in [7, 11) is -3.70. The number of ether oxygens (including phenoxy) is 1. The van der Waals surface area contributed by atoms with Crippen molar-refractivity contribution < 1.29 is 17.9 Å². The molecule has 7 nitrogen and oxygen atoms in total. The fraction of sp³-hybridized carbons (Fsp3) is 0.417. The van der Waals surface area contributed by atoms with E-state index in [0.717, 1.165) is 0 Å². The summed E-state index contributed by atoms with van der Waals surface area (Å²) in [5, 5.41) is -0.511. The molecule has 1 aliphatic heterocycles. The third kappa shape index (κ3) is 4.07. The highest BCUT2D eigenvalue weighted by Gasteiger charge is 2.37. The normalized spacial score (nSPS) is 22.0. The number of rotatable bonds is 5. The summed E-state index contributed by atoms with van der Waals surface area (Å²) in [5.74, 6) is -0.481. The second-order valence-corrected chi connectivity index (χ2v) is 6.77. The Kier molecular flexibility index (Phi) is 5.04. The van der Waals surface area contributed by atoms with Crippen LogP contribution in [0, 0.1) is 0 Å². The van der Waals surface area contributed by atoms with Crippen LogP contribution in [0.25, 0.3) is 0 Å². The van der Waals surface area contributed by atoms with E-state index in [0.29, 0.717) is 10.7 Å². The number of benzene rings is 1. The summed E-state index contributed by atoms with van der Waals surface area (Å²) in [4.78, 5) is 11.6. The van der Waals surface area contributed by atoms with Crippen LogP contribution in [0.3, 0.4) is 0 Å². The first kappa shape index (κ1) is 16.0. The first-order valence-corrected chi connectivity index (χ1v) is 8.29. The van der Waals surface area contributed by atoms with Gasteiger partial charge in [0.1, 0.15) is 11.4 Å². The summed E-state index contributed by atoms with van der Waals surface area (Å²) in [5.41, 5.74) is 5.58. The van der Waals surface area contributed by atoms with Crippen LogP contribution >= 0.6 is 11.6 Å². The van der Waals surface area contributed by atoms with Crippen LogP contribution in [0.2, 0.25) is 5.02 Å². The Balaban J connectivity index is 2.03. The summed E-state index contributed by atoms with van der Waals surface area (Å²) >= 11 is 5.81. The van der Waals surface area contributed by atoms with E-state index in [1.807, 2.05) is 0 Å². The Morgan fingerprint density at radius 3 is 2.90 bits per heavy atom. The van der Waals surface area contributed by atoms with Gasteiger partial charge < -0.3 is 4.74 Å². The maximum absolute atomic E-state index is 12.2. The van der Waals surface area contributed by atoms with Gasteiger partial charge in [0, 0.05) is 11.4 Å². The zero-order valence-corrected chi connectivity index (χ0v) is 12.9. The van der Waals surface area contributed by atoms with Crippen molar-refractivity contribution in [2.24, 2.45) is 0 Å². The number of hydrogen-bond acceptors (Lipinski definition) is 6. The minimum Gasteiger partial charge on any atom is -0.465 e. The third-order valence-corrected chi connectivity index (χ3v) is 4.71. The van der Waals surface area contributed by atoms with Gasteiger partial charge in [-0.15, -0.1) is 0 Å². The monoisotopic (exact) mass is 333 g/mol. The summed E-state index contributed by atoms with van der Waals surface area (Å²) in [6.07, 6.45) is 0.0781. The van der Waals surface area contributed by atoms with Crippen molar-refractivity contribution in [2.75, 3.05) is 11.3 Å². The largest absolute Gasteiger partial charge is 0.465 e. The lowest BCUT2D eigenvalue weighted by atomic mass is 10.2. The van der Waals surface area contributed by atoms with E-state index in [-0.39, 0.29) is 13.0 Å². The molecule has 0 saturated carbocycles. The molecule has 0 radical (unpaired) electrons. The summed E-state index contributed by atoms with van der Waals surface area (Å²) in [6, 6.07) is 5.69. The lowest BCUT2D eigenvalue weighted by Gasteiger charge is -2.13. The van der Waals surface area contributed by atoms with Gasteiger partial charge in [0.25, 0.3) is 0 Å². The number of carbonyl (C=O) groups excluding carboxylic acids is 1. The van der Waals surface area contributed by atoms with Gasteiger partial charge in [0.2, 0.25) is 10.0 Å². The topological polar surface area (TPSA) is 96.5 Å². The number of hydrazine groups is 1. The molecule has 1 heterocycles. The highest BCUT2D eigenvalue weighted by Crippen LogP contribution is 2.19. The van der Waals surface area contributed by atoms with Crippen molar-refractivity contribution in [1.82, 2.24) is 10.9 Å². The molecule has 1 saturated heterocycles. The van der Waals surface area contributed by atoms with Gasteiger partial charge in [-0.3, -0.25) is 9.52 Å². The number of halogens is 1. The molecule has 1 aromatic rings. The predicted octanol–water partition coefficient (Wildman–Crippen LogP) is 0.837. The van der Waals surface area contributed by atoms with Crippen LogP contribution in [0.5, 0.6) is 0 Å². The van der Waals surface area contributed by atoms with Crippen LogP contribution in [0.15, 0.2) is 24.3 Å². The SMILES string of the molecule is CCOC(=O)C1CC(S(=O)(=O)Nc2cccc(Cl)c2)NN1. The van der Waals surface area contributed by atoms with Gasteiger partial charge in [0.15, 0.2) is 0 Å². The molecule has 0 bridgehead atoms. The average Bonchev–Trinajstić information content (AvgIpc) is 2.89. The molecular weight excluding hydrogens is 318 g/mol. The van der Waals surface area contributed by atoms with Gasteiger partial charge in [-0.25, -0.2) is 19.3 Å². The molecule has 116 valence electrons. The summed E-state index contributed by atoms with van der Waals surface area (Å²) < 4.78 is 31.7. The fourth-order valence-electron chi connectivity index (χ4n) is 1.92. The Labute approximate surface area is 128 Å². The molecule has 0 aliphatic carbocycles. The van der Waals surface area contributed by atoms with Gasteiger partial charge in [-0.1, -0.05) is 17.7 Å². The Hall–Kier alpha value is -1.35. The van der Waals surface area contributed by atoms with E-state index in [4.69, 9.17) is 16.3 Å². The van der Waals surface area contributed by atoms with Crippen LogP contribution < -0.4 is 15.6 Å². The second-order valence-electron chi connectivity index (χ2n) is 4.48. The molecule has 2 unspecified atom stereocenters. The molecule has 1 fully saturated rings. The smallest absolute Gasteiger partial charge is 0.324 e. The van der Waals surface area contributed by atoms with E-state index < -0.39 is 27.4 Å². The maximum atomic E-state index is 12.2. The molecule has 3 N–H and O–H groups in total. The van der Waals surface area contributed by atoms with Crippen molar-refractivity contribution in [2.45, 2.75) is 24.8 Å². The van der Waals surface area contributed by atoms with Gasteiger partial charge in [-0.05, 0) is 25.1 Å². The van der Waals surface area contributed by atoms with Gasteiger partial charge >= 0.3 is 5.97 Å². The summed E-state index contributed by atoms with van der Waals surface area (Å²) in [6.45, 7) is 1.93. The van der Waals surface area contributed by atoms with E-state index in [9.17, 15) is 13.2 Å². The molecule has 9 heteroatoms. The number of esters is 1. The van der Waals surface area contributed by atoms with Crippen LogP contribution in [-0.2, 0) is 19.6 Å². The third-order valence-electron chi connectivity index (χ3n) is 2.90. The average molecular weight is 334 g/mol. The van der Waals surface area contributed by atoms with Crippen LogP contribution in [-0.4, -0.2) is 32.4 Å². The molecule has 1 aliphatic rings. The lowest BCUT2D eigenvalue weighted by molar-refractivity contribution is -0.145. The Bertz CT molecular complexity index is 623. The predicted molar refractivity (Wildman–Crippen MR) is 79.1 cm³/mol. The first-order chi connectivity index (χ1) is 9.92. The fourth-order valence-corrected chi connectivity index (χ4v) is 3.37. The highest BCUT2D eigenvalue weighted by atomic mass is 35.5. The number of anilines is 1. The van der Waals surface area contributed by atoms with Gasteiger partial charge in [-0.2, -0.15) is 0 Å². The minimum atomic E-state index is -3.70. The molecule has 0 spiro atoms. The molecule has 1 aromatic carbocycles. The van der Waals surface area contributed by atoms with E-state index in [2.05, 4.69) is 15.6 Å². The zero-order valence-electron chi connectivity index (χ0n) is 11.3. The second kappa shape index (κ2) is 6.61. The highest BCUT2D eigenvalue weighted by molar-refractivity contribution is 7.93.